The summed E-state index contributed by atoms with van der Waals surface area (Å²) in [5.74, 6) is -0.372. The number of esters is 2. The summed E-state index contributed by atoms with van der Waals surface area (Å²) in [5, 5.41) is 0.623. The fraction of sp³-hybridized carbons (Fsp3) is 0.412. The molecule has 23 heavy (non-hydrogen) atoms. The maximum atomic E-state index is 12.1. The Labute approximate surface area is 135 Å². The first-order valence-electron chi connectivity index (χ1n) is 7.51. The zero-order chi connectivity index (χ0) is 17.2. The number of aromatic nitrogens is 1. The van der Waals surface area contributed by atoms with Crippen LogP contribution in [0.25, 0.3) is 10.9 Å². The number of fused-ring (bicyclic) bond motifs is 1. The summed E-state index contributed by atoms with van der Waals surface area (Å²) in [4.78, 5) is 23.7. The molecule has 6 heteroatoms. The maximum absolute atomic E-state index is 12.1. The lowest BCUT2D eigenvalue weighted by atomic mass is 10.2. The molecule has 6 nitrogen and oxygen atoms in total. The molecule has 124 valence electrons. The molecule has 0 bridgehead atoms. The molecule has 2 N–H and O–H groups in total. The molecule has 0 radical (unpaired) electrons. The van der Waals surface area contributed by atoms with Crippen LogP contribution in [0.1, 0.15) is 34.1 Å². The molecular formula is C17H22N2O4. The van der Waals surface area contributed by atoms with E-state index in [-0.39, 0.29) is 24.9 Å². The average Bonchev–Trinajstić information content (AvgIpc) is 2.75. The van der Waals surface area contributed by atoms with Crippen molar-refractivity contribution in [1.82, 2.24) is 4.57 Å². The number of benzene rings is 1. The lowest BCUT2D eigenvalue weighted by Gasteiger charge is -2.19. The third-order valence-electron chi connectivity index (χ3n) is 3.14. The van der Waals surface area contributed by atoms with Crippen molar-refractivity contribution in [2.24, 2.45) is 0 Å². The number of hydrogen-bond donors (Lipinski definition) is 1. The number of ether oxygens (including phenoxy) is 2. The highest BCUT2D eigenvalue weighted by molar-refractivity contribution is 5.98. The molecule has 1 heterocycles. The van der Waals surface area contributed by atoms with Gasteiger partial charge < -0.3 is 19.8 Å². The molecule has 0 saturated carbocycles. The van der Waals surface area contributed by atoms with Crippen molar-refractivity contribution in [3.63, 3.8) is 0 Å². The highest BCUT2D eigenvalue weighted by atomic mass is 16.6. The van der Waals surface area contributed by atoms with Crippen LogP contribution in [0.15, 0.2) is 24.4 Å². The van der Waals surface area contributed by atoms with Crippen LogP contribution in [0.2, 0.25) is 0 Å². The number of nitrogens with two attached hydrogens (primary N) is 1. The molecule has 1 aromatic heterocycles. The minimum Gasteiger partial charge on any atom is -0.459 e. The van der Waals surface area contributed by atoms with Crippen molar-refractivity contribution in [3.05, 3.63) is 24.4 Å². The molecule has 0 amide bonds. The first-order chi connectivity index (χ1) is 10.7. The van der Waals surface area contributed by atoms with Crippen molar-refractivity contribution in [1.29, 1.82) is 0 Å². The number of nitrogen functional groups attached to an aromatic ring is 1. The highest BCUT2D eigenvalue weighted by Gasteiger charge is 2.20. The van der Waals surface area contributed by atoms with Gasteiger partial charge in [-0.25, -0.2) is 0 Å². The summed E-state index contributed by atoms with van der Waals surface area (Å²) in [5.41, 5.74) is 6.65. The molecule has 0 aliphatic rings. The Bertz CT molecular complexity index is 741. The summed E-state index contributed by atoms with van der Waals surface area (Å²) < 4.78 is 12.3. The Hall–Kier alpha value is -2.50. The van der Waals surface area contributed by atoms with E-state index in [2.05, 4.69) is 0 Å². The SMILES string of the molecule is CCC(=O)Oc1cn(CC(=O)OC(C)(C)C)c2cccc(N)c12. The maximum Gasteiger partial charge on any atom is 0.326 e. The van der Waals surface area contributed by atoms with Gasteiger partial charge in [0.25, 0.3) is 0 Å². The van der Waals surface area contributed by atoms with Gasteiger partial charge in [-0.05, 0) is 32.9 Å². The second-order valence-corrected chi connectivity index (χ2v) is 6.28. The first-order valence-corrected chi connectivity index (χ1v) is 7.51. The van der Waals surface area contributed by atoms with E-state index in [9.17, 15) is 9.59 Å². The van der Waals surface area contributed by atoms with Crippen LogP contribution >= 0.6 is 0 Å². The van der Waals surface area contributed by atoms with Crippen molar-refractivity contribution in [2.45, 2.75) is 46.3 Å². The lowest BCUT2D eigenvalue weighted by Crippen LogP contribution is -2.26. The quantitative estimate of drug-likeness (QED) is 0.692. The van der Waals surface area contributed by atoms with Crippen LogP contribution in [0.3, 0.4) is 0 Å². The predicted octanol–water partition coefficient (Wildman–Crippen LogP) is 2.88. The van der Waals surface area contributed by atoms with E-state index in [0.717, 1.165) is 5.52 Å². The van der Waals surface area contributed by atoms with E-state index in [1.165, 1.54) is 0 Å². The number of carbonyl (C=O) groups is 2. The summed E-state index contributed by atoms with van der Waals surface area (Å²) in [6, 6.07) is 5.33. The van der Waals surface area contributed by atoms with Gasteiger partial charge in [0.05, 0.1) is 10.9 Å². The monoisotopic (exact) mass is 318 g/mol. The number of hydrogen-bond acceptors (Lipinski definition) is 5. The summed E-state index contributed by atoms with van der Waals surface area (Å²) >= 11 is 0. The standard InChI is InChI=1S/C17H22N2O4/c1-5-14(20)22-13-9-19(10-15(21)23-17(2,3)4)12-8-6-7-11(18)16(12)13/h6-9H,5,10,18H2,1-4H3. The molecule has 0 atom stereocenters. The topological polar surface area (TPSA) is 83.5 Å². The second kappa shape index (κ2) is 6.32. The van der Waals surface area contributed by atoms with Gasteiger partial charge in [0.1, 0.15) is 12.1 Å². The van der Waals surface area contributed by atoms with E-state index in [1.807, 2.05) is 26.8 Å². The van der Waals surface area contributed by atoms with Gasteiger partial charge in [-0.15, -0.1) is 0 Å². The molecule has 0 aliphatic heterocycles. The third-order valence-corrected chi connectivity index (χ3v) is 3.14. The van der Waals surface area contributed by atoms with Crippen molar-refractivity contribution in [2.75, 3.05) is 5.73 Å². The van der Waals surface area contributed by atoms with Crippen LogP contribution in [0, 0.1) is 0 Å². The van der Waals surface area contributed by atoms with Crippen molar-refractivity contribution >= 4 is 28.5 Å². The van der Waals surface area contributed by atoms with Gasteiger partial charge in [0, 0.05) is 18.3 Å². The fourth-order valence-electron chi connectivity index (χ4n) is 2.26. The molecule has 0 unspecified atom stereocenters. The minimum atomic E-state index is -0.559. The number of rotatable bonds is 4. The zero-order valence-electron chi connectivity index (χ0n) is 13.9. The molecule has 0 spiro atoms. The Morgan fingerprint density at radius 3 is 2.52 bits per heavy atom. The Balaban J connectivity index is 2.39. The van der Waals surface area contributed by atoms with Crippen LogP contribution in [0.5, 0.6) is 5.75 Å². The molecule has 0 aliphatic carbocycles. The molecule has 1 aromatic carbocycles. The fourth-order valence-corrected chi connectivity index (χ4v) is 2.26. The Morgan fingerprint density at radius 1 is 1.22 bits per heavy atom. The highest BCUT2D eigenvalue weighted by Crippen LogP contribution is 2.33. The van der Waals surface area contributed by atoms with Crippen molar-refractivity contribution in [3.8, 4) is 5.75 Å². The number of carbonyl (C=O) groups excluding carboxylic acids is 2. The van der Waals surface area contributed by atoms with Gasteiger partial charge in [0.15, 0.2) is 5.75 Å². The van der Waals surface area contributed by atoms with E-state index in [4.69, 9.17) is 15.2 Å². The normalized spacial score (nSPS) is 11.5. The molecule has 2 aromatic rings. The minimum absolute atomic E-state index is 0.0148. The van der Waals surface area contributed by atoms with Gasteiger partial charge in [-0.2, -0.15) is 0 Å². The predicted molar refractivity (Wildman–Crippen MR) is 88.1 cm³/mol. The Morgan fingerprint density at radius 2 is 1.91 bits per heavy atom. The van der Waals surface area contributed by atoms with Crippen LogP contribution in [0.4, 0.5) is 5.69 Å². The Kier molecular flexibility index (Phi) is 4.63. The van der Waals surface area contributed by atoms with Crippen LogP contribution in [-0.4, -0.2) is 22.1 Å². The zero-order valence-corrected chi connectivity index (χ0v) is 13.9. The summed E-state index contributed by atoms with van der Waals surface area (Å²) in [6.45, 7) is 7.16. The lowest BCUT2D eigenvalue weighted by molar-refractivity contribution is -0.155. The van der Waals surface area contributed by atoms with Gasteiger partial charge in [0.2, 0.25) is 0 Å². The number of nitrogens with zero attached hydrogens (tertiary/aromatic N) is 1. The van der Waals surface area contributed by atoms with Crippen LogP contribution < -0.4 is 10.5 Å². The third kappa shape index (κ3) is 4.03. The summed E-state index contributed by atoms with van der Waals surface area (Å²) in [6.07, 6.45) is 1.87. The molecule has 0 fully saturated rings. The van der Waals surface area contributed by atoms with E-state index in [0.29, 0.717) is 16.8 Å². The van der Waals surface area contributed by atoms with Crippen molar-refractivity contribution < 1.29 is 19.1 Å². The second-order valence-electron chi connectivity index (χ2n) is 6.28. The van der Waals surface area contributed by atoms with Gasteiger partial charge >= 0.3 is 11.9 Å². The van der Waals surface area contributed by atoms with Gasteiger partial charge in [-0.3, -0.25) is 9.59 Å². The molecular weight excluding hydrogens is 296 g/mol. The first kappa shape index (κ1) is 16.9. The molecule has 2 rings (SSSR count). The van der Waals surface area contributed by atoms with E-state index in [1.54, 1.807) is 29.8 Å². The van der Waals surface area contributed by atoms with Gasteiger partial charge in [-0.1, -0.05) is 13.0 Å². The van der Waals surface area contributed by atoms with E-state index < -0.39 is 5.60 Å². The summed E-state index contributed by atoms with van der Waals surface area (Å²) in [7, 11) is 0. The van der Waals surface area contributed by atoms with Crippen LogP contribution in [-0.2, 0) is 20.9 Å². The smallest absolute Gasteiger partial charge is 0.326 e. The molecule has 0 saturated heterocycles. The average molecular weight is 318 g/mol. The number of anilines is 1. The van der Waals surface area contributed by atoms with E-state index >= 15 is 0 Å². The largest absolute Gasteiger partial charge is 0.459 e.